The summed E-state index contributed by atoms with van der Waals surface area (Å²) in [6.45, 7) is 0.0659. The van der Waals surface area contributed by atoms with E-state index >= 15 is 0 Å². The van der Waals surface area contributed by atoms with Crippen molar-refractivity contribution in [1.29, 1.82) is 0 Å². The number of hydrogen-bond acceptors (Lipinski definition) is 4. The number of aliphatic carboxylic acids is 1. The van der Waals surface area contributed by atoms with Gasteiger partial charge in [0.05, 0.1) is 11.1 Å². The summed E-state index contributed by atoms with van der Waals surface area (Å²) in [4.78, 5) is 22.1. The zero-order valence-corrected chi connectivity index (χ0v) is 14.2. The Morgan fingerprint density at radius 3 is 2.32 bits per heavy atom. The highest BCUT2D eigenvalue weighted by molar-refractivity contribution is 5.95. The number of rotatable bonds is 1. The zero-order valence-electron chi connectivity index (χ0n) is 14.2. The van der Waals surface area contributed by atoms with Crippen molar-refractivity contribution in [2.45, 2.75) is 38.5 Å². The van der Waals surface area contributed by atoms with Crippen LogP contribution in [0.3, 0.4) is 0 Å². The van der Waals surface area contributed by atoms with Crippen molar-refractivity contribution >= 4 is 23.3 Å². The Bertz CT molecular complexity index is 680. The van der Waals surface area contributed by atoms with Crippen LogP contribution in [-0.4, -0.2) is 23.6 Å². The van der Waals surface area contributed by atoms with E-state index in [9.17, 15) is 14.7 Å². The number of carboxylic acids is 1. The summed E-state index contributed by atoms with van der Waals surface area (Å²) in [5.74, 6) is 2.25. The van der Waals surface area contributed by atoms with Crippen molar-refractivity contribution in [3.05, 3.63) is 18.2 Å². The molecule has 0 radical (unpaired) electrons. The van der Waals surface area contributed by atoms with Crippen molar-refractivity contribution in [2.75, 3.05) is 17.7 Å². The SMILES string of the molecule is Nc1ccc2c(c1)OCC(=O)N2.O=C(O)C12CC3CC(CC(C3)C1)C2. The average molecular weight is 344 g/mol. The van der Waals surface area contributed by atoms with Crippen LogP contribution in [0.5, 0.6) is 5.75 Å². The molecule has 1 aliphatic heterocycles. The van der Waals surface area contributed by atoms with E-state index in [0.717, 1.165) is 37.0 Å². The molecule has 1 amide bonds. The van der Waals surface area contributed by atoms with E-state index in [4.69, 9.17) is 10.5 Å². The van der Waals surface area contributed by atoms with Gasteiger partial charge < -0.3 is 20.9 Å². The fourth-order valence-corrected chi connectivity index (χ4v) is 5.46. The van der Waals surface area contributed by atoms with Crippen molar-refractivity contribution in [1.82, 2.24) is 0 Å². The van der Waals surface area contributed by atoms with E-state index in [1.165, 1.54) is 19.3 Å². The van der Waals surface area contributed by atoms with Crippen LogP contribution in [0.15, 0.2) is 18.2 Å². The van der Waals surface area contributed by atoms with E-state index in [1.54, 1.807) is 18.2 Å². The molecule has 1 aromatic carbocycles. The van der Waals surface area contributed by atoms with Crippen LogP contribution >= 0.6 is 0 Å². The molecule has 4 N–H and O–H groups in total. The highest BCUT2D eigenvalue weighted by Crippen LogP contribution is 2.60. The lowest BCUT2D eigenvalue weighted by Crippen LogP contribution is -2.49. The summed E-state index contributed by atoms with van der Waals surface area (Å²) in [5.41, 5.74) is 6.55. The van der Waals surface area contributed by atoms with Gasteiger partial charge in [-0.1, -0.05) is 0 Å². The molecule has 0 saturated heterocycles. The lowest BCUT2D eigenvalue weighted by atomic mass is 9.49. The number of benzene rings is 1. The molecule has 6 rings (SSSR count). The Hall–Kier alpha value is -2.24. The molecule has 6 heteroatoms. The lowest BCUT2D eigenvalue weighted by molar-refractivity contribution is -0.164. The average Bonchev–Trinajstić information content (AvgIpc) is 2.54. The maximum absolute atomic E-state index is 11.3. The first-order chi connectivity index (χ1) is 11.9. The second-order valence-corrected chi connectivity index (χ2v) is 8.10. The van der Waals surface area contributed by atoms with Gasteiger partial charge in [-0.3, -0.25) is 9.59 Å². The van der Waals surface area contributed by atoms with Crippen LogP contribution in [0, 0.1) is 23.2 Å². The minimum Gasteiger partial charge on any atom is -0.482 e. The molecule has 0 unspecified atom stereocenters. The van der Waals surface area contributed by atoms with Crippen LogP contribution < -0.4 is 15.8 Å². The molecular formula is C19H24N2O4. The van der Waals surface area contributed by atoms with Crippen molar-refractivity contribution in [3.63, 3.8) is 0 Å². The third kappa shape index (κ3) is 3.05. The molecule has 1 heterocycles. The molecule has 134 valence electrons. The second kappa shape index (κ2) is 5.93. The molecule has 0 aromatic heterocycles. The summed E-state index contributed by atoms with van der Waals surface area (Å²) >= 11 is 0. The number of nitrogens with two attached hydrogens (primary N) is 1. The Balaban J connectivity index is 0.000000126. The number of hydrogen-bond donors (Lipinski definition) is 3. The molecule has 4 saturated carbocycles. The maximum atomic E-state index is 11.3. The molecule has 0 atom stereocenters. The third-order valence-electron chi connectivity index (χ3n) is 6.13. The minimum absolute atomic E-state index is 0.0659. The van der Waals surface area contributed by atoms with Gasteiger partial charge in [0.1, 0.15) is 5.75 Å². The Kier molecular flexibility index (Phi) is 3.85. The van der Waals surface area contributed by atoms with E-state index < -0.39 is 5.97 Å². The molecule has 4 aliphatic carbocycles. The number of nitrogens with one attached hydrogen (secondary N) is 1. The molecule has 4 fully saturated rings. The zero-order chi connectivity index (χ0) is 17.6. The van der Waals surface area contributed by atoms with Crippen molar-refractivity contribution in [3.8, 4) is 5.75 Å². The standard InChI is InChI=1S/C11H16O2.C8H8N2O2/c12-10(13)11-4-7-1-8(5-11)3-9(2-7)6-11;9-5-1-2-6-7(3-5)12-4-8(11)10-6/h7-9H,1-6H2,(H,12,13);1-3H,4,9H2,(H,10,11). The summed E-state index contributed by atoms with van der Waals surface area (Å²) < 4.78 is 5.12. The Labute approximate surface area is 146 Å². The largest absolute Gasteiger partial charge is 0.482 e. The van der Waals surface area contributed by atoms with Crippen LogP contribution in [0.2, 0.25) is 0 Å². The number of anilines is 2. The van der Waals surface area contributed by atoms with E-state index in [0.29, 0.717) is 17.1 Å². The predicted octanol–water partition coefficient (Wildman–Crippen LogP) is 2.89. The summed E-state index contributed by atoms with van der Waals surface area (Å²) in [6.07, 6.45) is 6.92. The second-order valence-electron chi connectivity index (χ2n) is 8.10. The normalized spacial score (nSPS) is 34.2. The molecule has 6 nitrogen and oxygen atoms in total. The van der Waals surface area contributed by atoms with Gasteiger partial charge in [0, 0.05) is 11.8 Å². The van der Waals surface area contributed by atoms with Gasteiger partial charge in [-0.15, -0.1) is 0 Å². The molecule has 4 bridgehead atoms. The van der Waals surface area contributed by atoms with E-state index in [1.807, 2.05) is 0 Å². The highest BCUT2D eigenvalue weighted by atomic mass is 16.5. The van der Waals surface area contributed by atoms with Gasteiger partial charge in [0.2, 0.25) is 0 Å². The van der Waals surface area contributed by atoms with Gasteiger partial charge in [0.15, 0.2) is 6.61 Å². The quantitative estimate of drug-likeness (QED) is 0.680. The van der Waals surface area contributed by atoms with Crippen molar-refractivity contribution < 1.29 is 19.4 Å². The maximum Gasteiger partial charge on any atom is 0.309 e. The van der Waals surface area contributed by atoms with Crippen LogP contribution in [0.4, 0.5) is 11.4 Å². The fourth-order valence-electron chi connectivity index (χ4n) is 5.46. The highest BCUT2D eigenvalue weighted by Gasteiger charge is 2.54. The fraction of sp³-hybridized carbons (Fsp3) is 0.579. The van der Waals surface area contributed by atoms with Crippen LogP contribution in [0.1, 0.15) is 38.5 Å². The summed E-state index contributed by atoms with van der Waals surface area (Å²) in [5, 5.41) is 11.9. The number of carboxylic acid groups (broad SMARTS) is 1. The number of fused-ring (bicyclic) bond motifs is 1. The van der Waals surface area contributed by atoms with E-state index in [-0.39, 0.29) is 17.9 Å². The predicted molar refractivity (Wildman–Crippen MR) is 93.2 cm³/mol. The van der Waals surface area contributed by atoms with Gasteiger partial charge in [-0.05, 0) is 68.4 Å². The van der Waals surface area contributed by atoms with E-state index in [2.05, 4.69) is 5.32 Å². The first kappa shape index (κ1) is 16.2. The summed E-state index contributed by atoms with van der Waals surface area (Å²) in [6, 6.07) is 5.13. The monoisotopic (exact) mass is 344 g/mol. The first-order valence-electron chi connectivity index (χ1n) is 8.99. The summed E-state index contributed by atoms with van der Waals surface area (Å²) in [7, 11) is 0. The topological polar surface area (TPSA) is 102 Å². The smallest absolute Gasteiger partial charge is 0.309 e. The number of nitrogen functional groups attached to an aromatic ring is 1. The number of carbonyl (C=O) groups excluding carboxylic acids is 1. The molecule has 1 aromatic rings. The van der Waals surface area contributed by atoms with Gasteiger partial charge in [-0.2, -0.15) is 0 Å². The molecular weight excluding hydrogens is 320 g/mol. The Morgan fingerprint density at radius 2 is 1.76 bits per heavy atom. The van der Waals surface area contributed by atoms with Gasteiger partial charge in [-0.25, -0.2) is 0 Å². The minimum atomic E-state index is -0.508. The Morgan fingerprint density at radius 1 is 1.16 bits per heavy atom. The van der Waals surface area contributed by atoms with Crippen LogP contribution in [0.25, 0.3) is 0 Å². The molecule has 5 aliphatic rings. The van der Waals surface area contributed by atoms with Gasteiger partial charge in [0.25, 0.3) is 5.91 Å². The van der Waals surface area contributed by atoms with Gasteiger partial charge >= 0.3 is 5.97 Å². The third-order valence-corrected chi connectivity index (χ3v) is 6.13. The van der Waals surface area contributed by atoms with Crippen LogP contribution in [-0.2, 0) is 9.59 Å². The molecule has 25 heavy (non-hydrogen) atoms. The lowest BCUT2D eigenvalue weighted by Gasteiger charge is -2.54. The number of carbonyl (C=O) groups is 2. The molecule has 0 spiro atoms. The number of ether oxygens (including phenoxy) is 1. The first-order valence-corrected chi connectivity index (χ1v) is 8.99. The van der Waals surface area contributed by atoms with Crippen molar-refractivity contribution in [2.24, 2.45) is 23.2 Å². The number of amides is 1.